The summed E-state index contributed by atoms with van der Waals surface area (Å²) < 4.78 is 5.55. The highest BCUT2D eigenvalue weighted by Crippen LogP contribution is 2.28. The summed E-state index contributed by atoms with van der Waals surface area (Å²) in [4.78, 5) is 22.7. The lowest BCUT2D eigenvalue weighted by Crippen LogP contribution is -2.37. The highest BCUT2D eigenvalue weighted by molar-refractivity contribution is 5.98. The molecule has 0 aromatic heterocycles. The van der Waals surface area contributed by atoms with Gasteiger partial charge in [-0.3, -0.25) is 14.9 Å². The van der Waals surface area contributed by atoms with E-state index < -0.39 is 0 Å². The topological polar surface area (TPSA) is 55.4 Å². The van der Waals surface area contributed by atoms with E-state index in [1.807, 2.05) is 31.2 Å². The number of rotatable bonds is 4. The van der Waals surface area contributed by atoms with Gasteiger partial charge < -0.3 is 4.74 Å². The third kappa shape index (κ3) is 3.09. The summed E-state index contributed by atoms with van der Waals surface area (Å²) in [6.07, 6.45) is 1.68. The highest BCUT2D eigenvalue weighted by Gasteiger charge is 2.26. The number of piperidine rings is 1. The van der Waals surface area contributed by atoms with Crippen LogP contribution in [0.5, 0.6) is 5.75 Å². The van der Waals surface area contributed by atoms with Crippen molar-refractivity contribution in [3.63, 3.8) is 0 Å². The quantitative estimate of drug-likeness (QED) is 0.828. The summed E-state index contributed by atoms with van der Waals surface area (Å²) in [6, 6.07) is 7.66. The van der Waals surface area contributed by atoms with E-state index in [0.29, 0.717) is 19.4 Å². The predicted molar refractivity (Wildman–Crippen MR) is 67.4 cm³/mol. The van der Waals surface area contributed by atoms with Crippen LogP contribution in [0.3, 0.4) is 0 Å². The van der Waals surface area contributed by atoms with Crippen molar-refractivity contribution in [3.05, 3.63) is 29.8 Å². The second-order valence-corrected chi connectivity index (χ2v) is 4.50. The molecule has 18 heavy (non-hydrogen) atoms. The van der Waals surface area contributed by atoms with E-state index in [1.165, 1.54) is 0 Å². The second-order valence-electron chi connectivity index (χ2n) is 4.50. The molecule has 1 aliphatic heterocycles. The molecule has 2 amide bonds. The van der Waals surface area contributed by atoms with E-state index in [2.05, 4.69) is 5.32 Å². The smallest absolute Gasteiger partial charge is 0.227 e. The van der Waals surface area contributed by atoms with Gasteiger partial charge in [-0.15, -0.1) is 0 Å². The molecule has 96 valence electrons. The van der Waals surface area contributed by atoms with Crippen molar-refractivity contribution in [2.45, 2.75) is 32.1 Å². The van der Waals surface area contributed by atoms with Gasteiger partial charge in [-0.1, -0.05) is 19.1 Å². The molecule has 0 aliphatic carbocycles. The van der Waals surface area contributed by atoms with Gasteiger partial charge >= 0.3 is 0 Å². The maximum Gasteiger partial charge on any atom is 0.227 e. The first-order valence-electron chi connectivity index (χ1n) is 6.24. The molecule has 1 saturated heterocycles. The number of amides is 2. The third-order valence-electron chi connectivity index (χ3n) is 2.94. The van der Waals surface area contributed by atoms with Crippen molar-refractivity contribution < 1.29 is 14.3 Å². The average Bonchev–Trinajstić information content (AvgIpc) is 2.35. The molecule has 4 heteroatoms. The van der Waals surface area contributed by atoms with Gasteiger partial charge in [-0.2, -0.15) is 0 Å². The van der Waals surface area contributed by atoms with Crippen molar-refractivity contribution in [1.82, 2.24) is 5.32 Å². The number of nitrogens with one attached hydrogen (secondary N) is 1. The van der Waals surface area contributed by atoms with Crippen molar-refractivity contribution in [3.8, 4) is 5.75 Å². The van der Waals surface area contributed by atoms with Gasteiger partial charge in [0.2, 0.25) is 11.8 Å². The zero-order valence-corrected chi connectivity index (χ0v) is 10.4. The fourth-order valence-electron chi connectivity index (χ4n) is 2.09. The minimum absolute atomic E-state index is 0.0311. The summed E-state index contributed by atoms with van der Waals surface area (Å²) in [5, 5.41) is 2.32. The van der Waals surface area contributed by atoms with Gasteiger partial charge in [0.15, 0.2) is 0 Å². The first kappa shape index (κ1) is 12.6. The van der Waals surface area contributed by atoms with E-state index in [9.17, 15) is 9.59 Å². The van der Waals surface area contributed by atoms with Crippen molar-refractivity contribution in [2.75, 3.05) is 6.61 Å². The van der Waals surface area contributed by atoms with Gasteiger partial charge in [-0.25, -0.2) is 0 Å². The van der Waals surface area contributed by atoms with E-state index in [0.717, 1.165) is 17.7 Å². The molecule has 1 aliphatic rings. The van der Waals surface area contributed by atoms with Crippen molar-refractivity contribution in [1.29, 1.82) is 0 Å². The van der Waals surface area contributed by atoms with Gasteiger partial charge in [0.05, 0.1) is 6.61 Å². The Morgan fingerprint density at radius 1 is 1.28 bits per heavy atom. The number of hydrogen-bond acceptors (Lipinski definition) is 3. The zero-order valence-electron chi connectivity index (χ0n) is 10.4. The van der Waals surface area contributed by atoms with Gasteiger partial charge in [0, 0.05) is 18.8 Å². The Hall–Kier alpha value is -1.84. The van der Waals surface area contributed by atoms with Crippen LogP contribution < -0.4 is 10.1 Å². The lowest BCUT2D eigenvalue weighted by Gasteiger charge is -2.21. The minimum Gasteiger partial charge on any atom is -0.494 e. The molecule has 0 atom stereocenters. The molecule has 0 radical (unpaired) electrons. The van der Waals surface area contributed by atoms with Crippen LogP contribution in [0.2, 0.25) is 0 Å². The number of carbonyl (C=O) groups is 2. The fraction of sp³-hybridized carbons (Fsp3) is 0.429. The molecule has 1 N–H and O–H groups in total. The maximum absolute atomic E-state index is 11.4. The summed E-state index contributed by atoms with van der Waals surface area (Å²) >= 11 is 0. The molecule has 1 heterocycles. The van der Waals surface area contributed by atoms with Crippen LogP contribution >= 0.6 is 0 Å². The SMILES string of the molecule is CCCOc1cccc(C2CC(=O)NC(=O)C2)c1. The standard InChI is InChI=1S/C14H17NO3/c1-2-6-18-12-5-3-4-10(7-12)11-8-13(16)15-14(17)9-11/h3-5,7,11H,2,6,8-9H2,1H3,(H,15,16,17). The van der Waals surface area contributed by atoms with Crippen LogP contribution in [0.1, 0.15) is 37.7 Å². The largest absolute Gasteiger partial charge is 0.494 e. The molecule has 2 rings (SSSR count). The summed E-state index contributed by atoms with van der Waals surface area (Å²) in [5.41, 5.74) is 0.992. The number of carbonyl (C=O) groups excluding carboxylic acids is 2. The van der Waals surface area contributed by atoms with Crippen LogP contribution in [0, 0.1) is 0 Å². The van der Waals surface area contributed by atoms with E-state index >= 15 is 0 Å². The lowest BCUT2D eigenvalue weighted by atomic mass is 9.89. The number of benzene rings is 1. The number of imide groups is 1. The molecule has 0 unspecified atom stereocenters. The van der Waals surface area contributed by atoms with E-state index in [1.54, 1.807) is 0 Å². The Balaban J connectivity index is 2.12. The van der Waals surface area contributed by atoms with Crippen molar-refractivity contribution in [2.24, 2.45) is 0 Å². The maximum atomic E-state index is 11.4. The summed E-state index contributed by atoms with van der Waals surface area (Å²) in [5.74, 6) is 0.372. The molecular weight excluding hydrogens is 230 g/mol. The second kappa shape index (κ2) is 5.67. The Bertz CT molecular complexity index is 440. The Kier molecular flexibility index (Phi) is 3.97. The van der Waals surface area contributed by atoms with Gasteiger partial charge in [-0.05, 0) is 24.1 Å². The molecule has 1 aromatic carbocycles. The van der Waals surface area contributed by atoms with Crippen LogP contribution in [0.15, 0.2) is 24.3 Å². The normalized spacial score (nSPS) is 16.5. The Labute approximate surface area is 106 Å². The molecule has 1 fully saturated rings. The first-order valence-corrected chi connectivity index (χ1v) is 6.24. The van der Waals surface area contributed by atoms with Crippen LogP contribution in [-0.4, -0.2) is 18.4 Å². The highest BCUT2D eigenvalue weighted by atomic mass is 16.5. The third-order valence-corrected chi connectivity index (χ3v) is 2.94. The zero-order chi connectivity index (χ0) is 13.0. The summed E-state index contributed by atoms with van der Waals surface area (Å²) in [6.45, 7) is 2.72. The van der Waals surface area contributed by atoms with Crippen LogP contribution in [-0.2, 0) is 9.59 Å². The Morgan fingerprint density at radius 2 is 2.00 bits per heavy atom. The minimum atomic E-state index is -0.198. The molecular formula is C14H17NO3. The predicted octanol–water partition coefficient (Wildman–Crippen LogP) is 2.00. The monoisotopic (exact) mass is 247 g/mol. The first-order chi connectivity index (χ1) is 8.69. The van der Waals surface area contributed by atoms with Gasteiger partial charge in [0.1, 0.15) is 5.75 Å². The van der Waals surface area contributed by atoms with Crippen LogP contribution in [0.25, 0.3) is 0 Å². The molecule has 0 bridgehead atoms. The van der Waals surface area contributed by atoms with Gasteiger partial charge in [0.25, 0.3) is 0 Å². The number of ether oxygens (including phenoxy) is 1. The molecule has 0 spiro atoms. The molecule has 0 saturated carbocycles. The lowest BCUT2D eigenvalue weighted by molar-refractivity contribution is -0.133. The average molecular weight is 247 g/mol. The van der Waals surface area contributed by atoms with E-state index in [-0.39, 0.29) is 17.7 Å². The Morgan fingerprint density at radius 3 is 2.67 bits per heavy atom. The van der Waals surface area contributed by atoms with E-state index in [4.69, 9.17) is 4.74 Å². The molecule has 4 nitrogen and oxygen atoms in total. The van der Waals surface area contributed by atoms with Crippen molar-refractivity contribution >= 4 is 11.8 Å². The summed E-state index contributed by atoms with van der Waals surface area (Å²) in [7, 11) is 0. The number of hydrogen-bond donors (Lipinski definition) is 1. The van der Waals surface area contributed by atoms with Crippen LogP contribution in [0.4, 0.5) is 0 Å². The fourth-order valence-corrected chi connectivity index (χ4v) is 2.09. The molecule has 1 aromatic rings.